The average Bonchev–Trinajstić information content (AvgIpc) is 3.95. The Morgan fingerprint density at radius 2 is 0.618 bits per heavy atom. The van der Waals surface area contributed by atoms with Crippen LogP contribution in [0.25, 0.3) is 0 Å². The van der Waals surface area contributed by atoms with Gasteiger partial charge in [-0.25, -0.2) is 0 Å². The van der Waals surface area contributed by atoms with Crippen LogP contribution in [0.5, 0.6) is 0 Å². The molecule has 0 heterocycles. The van der Waals surface area contributed by atoms with Gasteiger partial charge in [-0.1, -0.05) is 231 Å². The molecule has 0 atom stereocenters. The fourth-order valence-corrected chi connectivity index (χ4v) is 11.2. The predicted octanol–water partition coefficient (Wildman–Crippen LogP) is 18.8. The lowest BCUT2D eigenvalue weighted by atomic mass is 9.69. The third-order valence-corrected chi connectivity index (χ3v) is 14.4. The third-order valence-electron chi connectivity index (χ3n) is 14.4. The maximum atomic E-state index is 2.60. The van der Waals surface area contributed by atoms with Crippen LogP contribution < -0.4 is 0 Å². The van der Waals surface area contributed by atoms with E-state index in [1.807, 2.05) is 33.4 Å². The highest BCUT2D eigenvalue weighted by Gasteiger charge is 2.34. The fourth-order valence-electron chi connectivity index (χ4n) is 11.2. The SMILES string of the molecule is CCCCCCCCCCCCc1c(CCCCCCCCCCC)c(CCCCCCCCCC)c(C2CCCCC2)c(C2C=CC=C2)c1C1CCCC1. The minimum absolute atomic E-state index is 0.512. The zero-order chi connectivity index (χ0) is 38.6. The van der Waals surface area contributed by atoms with E-state index in [4.69, 9.17) is 0 Å². The first-order valence-corrected chi connectivity index (χ1v) is 25.8. The molecular formula is C55H94. The summed E-state index contributed by atoms with van der Waals surface area (Å²) >= 11 is 0. The van der Waals surface area contributed by atoms with E-state index in [0.717, 1.165) is 11.8 Å². The number of hydrogen-bond acceptors (Lipinski definition) is 0. The van der Waals surface area contributed by atoms with Crippen molar-refractivity contribution in [3.8, 4) is 0 Å². The predicted molar refractivity (Wildman–Crippen MR) is 247 cm³/mol. The topological polar surface area (TPSA) is 0 Å². The zero-order valence-electron chi connectivity index (χ0n) is 37.6. The van der Waals surface area contributed by atoms with E-state index in [1.54, 1.807) is 0 Å². The quantitative estimate of drug-likeness (QED) is 0.0627. The van der Waals surface area contributed by atoms with Crippen LogP contribution in [0.15, 0.2) is 24.3 Å². The largest absolute Gasteiger partial charge is 0.0732 e. The van der Waals surface area contributed by atoms with Gasteiger partial charge in [0.15, 0.2) is 0 Å². The first-order valence-electron chi connectivity index (χ1n) is 25.8. The Morgan fingerprint density at radius 3 is 0.964 bits per heavy atom. The molecule has 1 aromatic rings. The van der Waals surface area contributed by atoms with E-state index in [-0.39, 0.29) is 0 Å². The summed E-state index contributed by atoms with van der Waals surface area (Å²) < 4.78 is 0. The lowest BCUT2D eigenvalue weighted by Gasteiger charge is -2.36. The number of allylic oxidation sites excluding steroid dienone is 4. The van der Waals surface area contributed by atoms with Crippen LogP contribution in [0, 0.1) is 0 Å². The van der Waals surface area contributed by atoms with Crippen LogP contribution in [0.3, 0.4) is 0 Å². The lowest BCUT2D eigenvalue weighted by Crippen LogP contribution is -2.20. The Balaban J connectivity index is 1.64. The van der Waals surface area contributed by atoms with Gasteiger partial charge in [-0.2, -0.15) is 0 Å². The Bertz CT molecular complexity index is 1140. The summed E-state index contributed by atoms with van der Waals surface area (Å²) in [7, 11) is 0. The van der Waals surface area contributed by atoms with Crippen molar-refractivity contribution in [3.05, 3.63) is 57.7 Å². The molecule has 3 aliphatic rings. The Labute approximate surface area is 345 Å². The second-order valence-electron chi connectivity index (χ2n) is 19.0. The minimum Gasteiger partial charge on any atom is -0.0732 e. The molecule has 4 rings (SSSR count). The number of rotatable bonds is 33. The maximum absolute atomic E-state index is 2.60. The van der Waals surface area contributed by atoms with Crippen molar-refractivity contribution in [1.29, 1.82) is 0 Å². The second-order valence-corrected chi connectivity index (χ2v) is 19.0. The molecule has 55 heavy (non-hydrogen) atoms. The third kappa shape index (κ3) is 16.8. The monoisotopic (exact) mass is 755 g/mol. The zero-order valence-corrected chi connectivity index (χ0v) is 37.6. The van der Waals surface area contributed by atoms with Gasteiger partial charge in [0, 0.05) is 5.92 Å². The van der Waals surface area contributed by atoms with Gasteiger partial charge in [0.25, 0.3) is 0 Å². The molecule has 0 amide bonds. The molecule has 3 aliphatic carbocycles. The van der Waals surface area contributed by atoms with Crippen LogP contribution >= 0.6 is 0 Å². The van der Waals surface area contributed by atoms with Gasteiger partial charge in [0.05, 0.1) is 0 Å². The van der Waals surface area contributed by atoms with Gasteiger partial charge in [-0.05, 0) is 109 Å². The highest BCUT2D eigenvalue weighted by atomic mass is 14.4. The molecule has 0 aliphatic heterocycles. The normalized spacial score (nSPS) is 16.7. The standard InChI is InChI=1S/C55H94/c1-4-7-10-13-16-19-21-24-27-33-46-52-50(44-31-25-23-20-17-14-11-8-5-2)51(45-32-26-22-18-15-12-9-6-3)53(47-38-29-28-30-39-47)55(49-42-36-37-43-49)54(52)48-40-34-35-41-48/h36-37,42-43,47-49H,4-35,38-41,44-46H2,1-3H3. The molecule has 0 bridgehead atoms. The summed E-state index contributed by atoms with van der Waals surface area (Å²) in [5, 5.41) is 0. The number of unbranched alkanes of at least 4 members (excludes halogenated alkanes) is 24. The van der Waals surface area contributed by atoms with Gasteiger partial charge in [0.1, 0.15) is 0 Å². The van der Waals surface area contributed by atoms with Gasteiger partial charge in [-0.15, -0.1) is 0 Å². The minimum atomic E-state index is 0.512. The van der Waals surface area contributed by atoms with Crippen molar-refractivity contribution >= 4 is 0 Å². The molecule has 0 N–H and O–H groups in total. The molecule has 0 nitrogen and oxygen atoms in total. The molecule has 0 saturated heterocycles. The number of hydrogen-bond donors (Lipinski definition) is 0. The highest BCUT2D eigenvalue weighted by Crippen LogP contribution is 2.50. The van der Waals surface area contributed by atoms with Crippen molar-refractivity contribution in [2.75, 3.05) is 0 Å². The summed E-state index contributed by atoms with van der Waals surface area (Å²) in [5.41, 5.74) is 11.5. The smallest absolute Gasteiger partial charge is 0.0210 e. The summed E-state index contributed by atoms with van der Waals surface area (Å²) in [5.74, 6) is 2.11. The van der Waals surface area contributed by atoms with E-state index in [9.17, 15) is 0 Å². The highest BCUT2D eigenvalue weighted by molar-refractivity contribution is 5.59. The molecule has 0 heteroatoms. The molecule has 2 fully saturated rings. The van der Waals surface area contributed by atoms with Crippen LogP contribution in [0.2, 0.25) is 0 Å². The van der Waals surface area contributed by atoms with Crippen molar-refractivity contribution in [2.45, 2.75) is 289 Å². The Morgan fingerprint density at radius 1 is 0.327 bits per heavy atom. The molecule has 0 radical (unpaired) electrons. The molecule has 1 aromatic carbocycles. The number of benzene rings is 1. The maximum Gasteiger partial charge on any atom is 0.0210 e. The molecule has 314 valence electrons. The molecular weight excluding hydrogens is 661 g/mol. The van der Waals surface area contributed by atoms with E-state index in [2.05, 4.69) is 45.1 Å². The summed E-state index contributed by atoms with van der Waals surface area (Å²) in [6.07, 6.45) is 65.8. The van der Waals surface area contributed by atoms with Gasteiger partial charge in [-0.3, -0.25) is 0 Å². The van der Waals surface area contributed by atoms with E-state index < -0.39 is 0 Å². The van der Waals surface area contributed by atoms with E-state index in [0.29, 0.717) is 5.92 Å². The van der Waals surface area contributed by atoms with Crippen LogP contribution in [0.1, 0.15) is 303 Å². The van der Waals surface area contributed by atoms with Crippen LogP contribution in [0.4, 0.5) is 0 Å². The van der Waals surface area contributed by atoms with E-state index in [1.165, 1.54) is 250 Å². The van der Waals surface area contributed by atoms with Gasteiger partial charge >= 0.3 is 0 Å². The van der Waals surface area contributed by atoms with Crippen molar-refractivity contribution in [1.82, 2.24) is 0 Å². The van der Waals surface area contributed by atoms with Gasteiger partial charge in [0.2, 0.25) is 0 Å². The average molecular weight is 755 g/mol. The van der Waals surface area contributed by atoms with Crippen molar-refractivity contribution in [3.63, 3.8) is 0 Å². The van der Waals surface area contributed by atoms with Crippen LogP contribution in [-0.2, 0) is 19.3 Å². The first kappa shape index (κ1) is 46.4. The summed E-state index contributed by atoms with van der Waals surface area (Å²) in [4.78, 5) is 0. The van der Waals surface area contributed by atoms with E-state index >= 15 is 0 Å². The molecule has 0 spiro atoms. The Kier molecular flexibility index (Phi) is 25.2. The van der Waals surface area contributed by atoms with Crippen LogP contribution in [-0.4, -0.2) is 0 Å². The molecule has 2 saturated carbocycles. The second kappa shape index (κ2) is 29.8. The Hall–Kier alpha value is -1.30. The molecule has 0 unspecified atom stereocenters. The van der Waals surface area contributed by atoms with Crippen molar-refractivity contribution < 1.29 is 0 Å². The first-order chi connectivity index (χ1) is 27.3. The lowest BCUT2D eigenvalue weighted by molar-refractivity contribution is 0.437. The fraction of sp³-hybridized carbons (Fsp3) is 0.818. The summed E-state index contributed by atoms with van der Waals surface area (Å²) in [6, 6.07) is 0. The van der Waals surface area contributed by atoms with Crippen molar-refractivity contribution in [2.24, 2.45) is 0 Å². The molecule has 0 aromatic heterocycles. The summed E-state index contributed by atoms with van der Waals surface area (Å²) in [6.45, 7) is 7.04. The van der Waals surface area contributed by atoms with Gasteiger partial charge < -0.3 is 0 Å².